The van der Waals surface area contributed by atoms with Crippen molar-refractivity contribution in [1.29, 1.82) is 0 Å². The van der Waals surface area contributed by atoms with Crippen molar-refractivity contribution in [1.82, 2.24) is 10.2 Å². The van der Waals surface area contributed by atoms with Crippen LogP contribution in [0.5, 0.6) is 0 Å². The van der Waals surface area contributed by atoms with Crippen LogP contribution in [0, 0.1) is 17.8 Å². The number of nitrogens with one attached hydrogen (secondary N) is 1. The van der Waals surface area contributed by atoms with Gasteiger partial charge in [0.25, 0.3) is 0 Å². The minimum absolute atomic E-state index is 0.482. The SMILES string of the molecule is CN(CCNCC1CCCO1)CC1CC2CCC1C2. The van der Waals surface area contributed by atoms with Gasteiger partial charge in [0.15, 0.2) is 0 Å². The van der Waals surface area contributed by atoms with Crippen molar-refractivity contribution in [2.24, 2.45) is 17.8 Å². The first-order valence-corrected chi connectivity index (χ1v) is 8.32. The van der Waals surface area contributed by atoms with Crippen LogP contribution in [0.3, 0.4) is 0 Å². The zero-order chi connectivity index (χ0) is 13.1. The van der Waals surface area contributed by atoms with Crippen molar-refractivity contribution < 1.29 is 4.74 Å². The molecule has 0 radical (unpaired) electrons. The summed E-state index contributed by atoms with van der Waals surface area (Å²) in [7, 11) is 2.29. The summed E-state index contributed by atoms with van der Waals surface area (Å²) >= 11 is 0. The number of hydrogen-bond donors (Lipinski definition) is 1. The van der Waals surface area contributed by atoms with E-state index in [0.717, 1.165) is 37.5 Å². The molecule has 1 saturated heterocycles. The number of fused-ring (bicyclic) bond motifs is 2. The lowest BCUT2D eigenvalue weighted by molar-refractivity contribution is 0.109. The standard InChI is InChI=1S/C16H30N2O/c1-18(7-6-17-11-16-3-2-8-19-16)12-15-10-13-4-5-14(15)9-13/h13-17H,2-12H2,1H3. The molecular weight excluding hydrogens is 236 g/mol. The van der Waals surface area contributed by atoms with E-state index in [1.807, 2.05) is 0 Å². The first-order valence-electron chi connectivity index (χ1n) is 8.32. The fraction of sp³-hybridized carbons (Fsp3) is 1.00. The van der Waals surface area contributed by atoms with Crippen LogP contribution in [-0.4, -0.2) is 50.8 Å². The lowest BCUT2D eigenvalue weighted by atomic mass is 9.88. The molecule has 3 nitrogen and oxygen atoms in total. The second kappa shape index (κ2) is 6.55. The summed E-state index contributed by atoms with van der Waals surface area (Å²) in [6.45, 7) is 5.62. The van der Waals surface area contributed by atoms with Crippen molar-refractivity contribution in [3.05, 3.63) is 0 Å². The molecule has 0 spiro atoms. The normalized spacial score (nSPS) is 37.6. The molecule has 3 aliphatic rings. The Bertz CT molecular complexity index is 278. The highest BCUT2D eigenvalue weighted by molar-refractivity contribution is 4.90. The molecule has 0 aromatic rings. The first kappa shape index (κ1) is 13.8. The second-order valence-electron chi connectivity index (χ2n) is 7.04. The van der Waals surface area contributed by atoms with Crippen LogP contribution in [0.4, 0.5) is 0 Å². The van der Waals surface area contributed by atoms with Crippen molar-refractivity contribution in [2.45, 2.75) is 44.6 Å². The smallest absolute Gasteiger partial charge is 0.0700 e. The molecule has 19 heavy (non-hydrogen) atoms. The summed E-state index contributed by atoms with van der Waals surface area (Å²) in [4.78, 5) is 2.54. The number of hydrogen-bond acceptors (Lipinski definition) is 3. The van der Waals surface area contributed by atoms with Crippen LogP contribution in [-0.2, 0) is 4.74 Å². The molecule has 0 aromatic carbocycles. The molecule has 2 bridgehead atoms. The van der Waals surface area contributed by atoms with Crippen LogP contribution >= 0.6 is 0 Å². The molecule has 1 aliphatic heterocycles. The average molecular weight is 266 g/mol. The lowest BCUT2D eigenvalue weighted by Crippen LogP contribution is -2.36. The highest BCUT2D eigenvalue weighted by atomic mass is 16.5. The third-order valence-corrected chi connectivity index (χ3v) is 5.50. The molecule has 2 aliphatic carbocycles. The maximum atomic E-state index is 5.62. The van der Waals surface area contributed by atoms with Crippen LogP contribution in [0.25, 0.3) is 0 Å². The molecule has 0 amide bonds. The minimum Gasteiger partial charge on any atom is -0.377 e. The van der Waals surface area contributed by atoms with Gasteiger partial charge in [-0.1, -0.05) is 6.42 Å². The average Bonchev–Trinajstić information content (AvgIpc) is 3.11. The number of rotatable bonds is 7. The summed E-state index contributed by atoms with van der Waals surface area (Å²) < 4.78 is 5.62. The Morgan fingerprint density at radius 3 is 2.84 bits per heavy atom. The third kappa shape index (κ3) is 3.71. The van der Waals surface area contributed by atoms with E-state index in [1.54, 1.807) is 0 Å². The molecule has 3 rings (SSSR count). The van der Waals surface area contributed by atoms with Gasteiger partial charge < -0.3 is 15.0 Å². The van der Waals surface area contributed by atoms with Gasteiger partial charge in [-0.3, -0.25) is 0 Å². The first-order chi connectivity index (χ1) is 9.31. The van der Waals surface area contributed by atoms with Crippen molar-refractivity contribution in [2.75, 3.05) is 39.8 Å². The summed E-state index contributed by atoms with van der Waals surface area (Å²) in [6, 6.07) is 0. The minimum atomic E-state index is 0.482. The highest BCUT2D eigenvalue weighted by Crippen LogP contribution is 2.48. The predicted molar refractivity (Wildman–Crippen MR) is 78.3 cm³/mol. The Balaban J connectivity index is 1.26. The Labute approximate surface area is 118 Å². The molecule has 1 heterocycles. The molecule has 3 fully saturated rings. The Morgan fingerprint density at radius 2 is 2.16 bits per heavy atom. The van der Waals surface area contributed by atoms with E-state index in [1.165, 1.54) is 51.6 Å². The van der Waals surface area contributed by atoms with E-state index in [-0.39, 0.29) is 0 Å². The zero-order valence-corrected chi connectivity index (χ0v) is 12.4. The predicted octanol–water partition coefficient (Wildman–Crippen LogP) is 2.12. The molecular formula is C16H30N2O. The van der Waals surface area contributed by atoms with Crippen LogP contribution < -0.4 is 5.32 Å². The van der Waals surface area contributed by atoms with Crippen molar-refractivity contribution >= 4 is 0 Å². The molecule has 2 saturated carbocycles. The van der Waals surface area contributed by atoms with Gasteiger partial charge in [0.05, 0.1) is 6.10 Å². The summed E-state index contributed by atoms with van der Waals surface area (Å²) in [5.74, 6) is 3.15. The summed E-state index contributed by atoms with van der Waals surface area (Å²) in [5.41, 5.74) is 0. The van der Waals surface area contributed by atoms with Gasteiger partial charge in [-0.05, 0) is 56.9 Å². The number of nitrogens with zero attached hydrogens (tertiary/aromatic N) is 1. The topological polar surface area (TPSA) is 24.5 Å². The van der Waals surface area contributed by atoms with Gasteiger partial charge in [-0.15, -0.1) is 0 Å². The zero-order valence-electron chi connectivity index (χ0n) is 12.4. The molecule has 4 unspecified atom stereocenters. The van der Waals surface area contributed by atoms with E-state index >= 15 is 0 Å². The van der Waals surface area contributed by atoms with Gasteiger partial charge in [-0.25, -0.2) is 0 Å². The molecule has 1 N–H and O–H groups in total. The fourth-order valence-corrected chi connectivity index (χ4v) is 4.43. The summed E-state index contributed by atoms with van der Waals surface area (Å²) in [5, 5.41) is 3.55. The Hall–Kier alpha value is -0.120. The van der Waals surface area contributed by atoms with Crippen molar-refractivity contribution in [3.8, 4) is 0 Å². The Kier molecular flexibility index (Phi) is 4.78. The monoisotopic (exact) mass is 266 g/mol. The van der Waals surface area contributed by atoms with E-state index in [9.17, 15) is 0 Å². The molecule has 110 valence electrons. The van der Waals surface area contributed by atoms with Crippen LogP contribution in [0.15, 0.2) is 0 Å². The quantitative estimate of drug-likeness (QED) is 0.714. The molecule has 0 aromatic heterocycles. The maximum absolute atomic E-state index is 5.62. The largest absolute Gasteiger partial charge is 0.377 e. The van der Waals surface area contributed by atoms with Crippen molar-refractivity contribution in [3.63, 3.8) is 0 Å². The van der Waals surface area contributed by atoms with E-state index < -0.39 is 0 Å². The van der Waals surface area contributed by atoms with Gasteiger partial charge in [0, 0.05) is 32.8 Å². The Morgan fingerprint density at radius 1 is 1.21 bits per heavy atom. The maximum Gasteiger partial charge on any atom is 0.0700 e. The molecule has 4 atom stereocenters. The van der Waals surface area contributed by atoms with Gasteiger partial charge in [0.2, 0.25) is 0 Å². The molecule has 3 heteroatoms. The van der Waals surface area contributed by atoms with Crippen LogP contribution in [0.1, 0.15) is 38.5 Å². The fourth-order valence-electron chi connectivity index (χ4n) is 4.43. The van der Waals surface area contributed by atoms with E-state index in [4.69, 9.17) is 4.74 Å². The van der Waals surface area contributed by atoms with Crippen LogP contribution in [0.2, 0.25) is 0 Å². The van der Waals surface area contributed by atoms with Gasteiger partial charge >= 0.3 is 0 Å². The second-order valence-corrected chi connectivity index (χ2v) is 7.04. The van der Waals surface area contributed by atoms with E-state index in [0.29, 0.717) is 6.10 Å². The van der Waals surface area contributed by atoms with E-state index in [2.05, 4.69) is 17.3 Å². The summed E-state index contributed by atoms with van der Waals surface area (Å²) in [6.07, 6.45) is 9.06. The number of likely N-dealkylation sites (N-methyl/N-ethyl adjacent to an activating group) is 1. The number of ether oxygens (including phenoxy) is 1. The van der Waals surface area contributed by atoms with Gasteiger partial charge in [-0.2, -0.15) is 0 Å². The highest BCUT2D eigenvalue weighted by Gasteiger charge is 2.39. The third-order valence-electron chi connectivity index (χ3n) is 5.50. The van der Waals surface area contributed by atoms with Gasteiger partial charge in [0.1, 0.15) is 0 Å². The lowest BCUT2D eigenvalue weighted by Gasteiger charge is -2.27.